The third-order valence-electron chi connectivity index (χ3n) is 5.74. The lowest BCUT2D eigenvalue weighted by Gasteiger charge is -2.26. The highest BCUT2D eigenvalue weighted by Gasteiger charge is 2.44. The Hall–Kier alpha value is -1.79. The standard InChI is InChI=1S/C23H28N2O2S2/c1-15(2)18-7-9-20(10-8-18)25(12-19-11-16(3)5-6-17(19)4)23-24-21-13-29(26,27)14-22(21)28-23/h5-11,15,21-22H,12-14H2,1-4H3/t21-,22+/m0/s1. The van der Waals surface area contributed by atoms with Crippen molar-refractivity contribution in [3.8, 4) is 0 Å². The van der Waals surface area contributed by atoms with Gasteiger partial charge in [-0.1, -0.05) is 61.5 Å². The molecule has 29 heavy (non-hydrogen) atoms. The van der Waals surface area contributed by atoms with Gasteiger partial charge < -0.3 is 4.90 Å². The Morgan fingerprint density at radius 1 is 1.10 bits per heavy atom. The number of rotatable bonds is 4. The maximum Gasteiger partial charge on any atom is 0.164 e. The molecule has 154 valence electrons. The SMILES string of the molecule is Cc1ccc(C)c(CN(C2=N[C@H]3CS(=O)(=O)C[C@H]3S2)c2ccc(C(C)C)cc2)c1. The Labute approximate surface area is 178 Å². The number of nitrogens with zero attached hydrogens (tertiary/aromatic N) is 2. The average Bonchev–Trinajstić information content (AvgIpc) is 3.15. The summed E-state index contributed by atoms with van der Waals surface area (Å²) in [7, 11) is -2.95. The molecule has 2 aliphatic heterocycles. The Kier molecular flexibility index (Phi) is 5.51. The lowest BCUT2D eigenvalue weighted by atomic mass is 10.0. The van der Waals surface area contributed by atoms with Crippen molar-refractivity contribution >= 4 is 32.5 Å². The first-order valence-corrected chi connectivity index (χ1v) is 12.8. The van der Waals surface area contributed by atoms with Crippen molar-refractivity contribution in [2.75, 3.05) is 16.4 Å². The summed E-state index contributed by atoms with van der Waals surface area (Å²) in [5.41, 5.74) is 6.18. The van der Waals surface area contributed by atoms with Gasteiger partial charge in [0.25, 0.3) is 0 Å². The number of aryl methyl sites for hydroxylation is 2. The minimum absolute atomic E-state index is 0.0473. The number of benzene rings is 2. The molecule has 0 unspecified atom stereocenters. The molecule has 0 bridgehead atoms. The predicted molar refractivity (Wildman–Crippen MR) is 124 cm³/mol. The Bertz CT molecular complexity index is 1040. The average molecular weight is 429 g/mol. The van der Waals surface area contributed by atoms with Gasteiger partial charge in [-0.2, -0.15) is 0 Å². The highest BCUT2D eigenvalue weighted by molar-refractivity contribution is 8.15. The molecule has 2 atom stereocenters. The van der Waals surface area contributed by atoms with Crippen molar-refractivity contribution in [2.45, 2.75) is 51.4 Å². The molecule has 0 radical (unpaired) electrons. The second-order valence-corrected chi connectivity index (χ2v) is 11.8. The number of thioether (sulfide) groups is 1. The van der Waals surface area contributed by atoms with Crippen LogP contribution in [0, 0.1) is 13.8 Å². The van der Waals surface area contributed by atoms with Crippen LogP contribution < -0.4 is 4.90 Å². The summed E-state index contributed by atoms with van der Waals surface area (Å²) in [6.45, 7) is 9.37. The highest BCUT2D eigenvalue weighted by Crippen LogP contribution is 2.37. The van der Waals surface area contributed by atoms with Gasteiger partial charge in [0.1, 0.15) is 0 Å². The lowest BCUT2D eigenvalue weighted by Crippen LogP contribution is -2.28. The van der Waals surface area contributed by atoms with Gasteiger partial charge in [0.2, 0.25) is 0 Å². The van der Waals surface area contributed by atoms with Gasteiger partial charge in [-0.05, 0) is 48.6 Å². The largest absolute Gasteiger partial charge is 0.317 e. The van der Waals surface area contributed by atoms with Crippen LogP contribution in [0.4, 0.5) is 5.69 Å². The zero-order valence-corrected chi connectivity index (χ0v) is 19.1. The molecule has 0 spiro atoms. The molecule has 4 rings (SSSR count). The fourth-order valence-corrected chi connectivity index (χ4v) is 7.70. The summed E-state index contributed by atoms with van der Waals surface area (Å²) in [5.74, 6) is 0.899. The fourth-order valence-electron chi connectivity index (χ4n) is 3.92. The Morgan fingerprint density at radius 2 is 1.83 bits per heavy atom. The van der Waals surface area contributed by atoms with Crippen LogP contribution in [0.5, 0.6) is 0 Å². The van der Waals surface area contributed by atoms with Crippen LogP contribution in [0.2, 0.25) is 0 Å². The quantitative estimate of drug-likeness (QED) is 0.708. The zero-order valence-electron chi connectivity index (χ0n) is 17.4. The molecule has 0 aliphatic carbocycles. The van der Waals surface area contributed by atoms with E-state index in [-0.39, 0.29) is 22.8 Å². The number of amidine groups is 1. The molecule has 1 saturated heterocycles. The van der Waals surface area contributed by atoms with Crippen molar-refractivity contribution in [2.24, 2.45) is 4.99 Å². The van der Waals surface area contributed by atoms with Gasteiger partial charge >= 0.3 is 0 Å². The number of hydrogen-bond acceptors (Lipinski definition) is 5. The minimum Gasteiger partial charge on any atom is -0.317 e. The number of hydrogen-bond donors (Lipinski definition) is 0. The molecular weight excluding hydrogens is 400 g/mol. The maximum absolute atomic E-state index is 12.0. The fraction of sp³-hybridized carbons (Fsp3) is 0.435. The predicted octanol–water partition coefficient (Wildman–Crippen LogP) is 4.70. The van der Waals surface area contributed by atoms with E-state index >= 15 is 0 Å². The van der Waals surface area contributed by atoms with E-state index in [9.17, 15) is 8.42 Å². The normalized spacial score (nSPS) is 22.6. The van der Waals surface area contributed by atoms with Crippen molar-refractivity contribution < 1.29 is 8.42 Å². The monoisotopic (exact) mass is 428 g/mol. The van der Waals surface area contributed by atoms with Crippen molar-refractivity contribution in [3.63, 3.8) is 0 Å². The maximum atomic E-state index is 12.0. The molecule has 1 fully saturated rings. The van der Waals surface area contributed by atoms with Gasteiger partial charge in [0, 0.05) is 10.9 Å². The molecular formula is C23H28N2O2S2. The summed E-state index contributed by atoms with van der Waals surface area (Å²) >= 11 is 1.62. The molecule has 0 aromatic heterocycles. The third-order valence-corrected chi connectivity index (χ3v) is 8.99. The second kappa shape index (κ2) is 7.80. The van der Waals surface area contributed by atoms with Gasteiger partial charge in [-0.3, -0.25) is 4.99 Å². The number of aliphatic imine (C=N–C) groups is 1. The van der Waals surface area contributed by atoms with E-state index in [0.29, 0.717) is 5.92 Å². The molecule has 2 heterocycles. The number of anilines is 1. The highest BCUT2D eigenvalue weighted by atomic mass is 32.2. The van der Waals surface area contributed by atoms with E-state index in [1.165, 1.54) is 22.3 Å². The molecule has 6 heteroatoms. The summed E-state index contributed by atoms with van der Waals surface area (Å²) in [6, 6.07) is 15.1. The second-order valence-electron chi connectivity index (χ2n) is 8.47. The summed E-state index contributed by atoms with van der Waals surface area (Å²) in [4.78, 5) is 7.11. The van der Waals surface area contributed by atoms with Crippen molar-refractivity contribution in [1.29, 1.82) is 0 Å². The molecule has 2 aliphatic rings. The van der Waals surface area contributed by atoms with Gasteiger partial charge in [0.05, 0.1) is 24.1 Å². The van der Waals surface area contributed by atoms with Gasteiger partial charge in [-0.25, -0.2) is 8.42 Å². The first-order valence-electron chi connectivity index (χ1n) is 10.1. The van der Waals surface area contributed by atoms with Crippen molar-refractivity contribution in [1.82, 2.24) is 0 Å². The molecule has 0 N–H and O–H groups in total. The smallest absolute Gasteiger partial charge is 0.164 e. The molecule has 0 saturated carbocycles. The van der Waals surface area contributed by atoms with E-state index in [2.05, 4.69) is 75.1 Å². The van der Waals surface area contributed by atoms with Gasteiger partial charge in [-0.15, -0.1) is 0 Å². The van der Waals surface area contributed by atoms with E-state index in [1.54, 1.807) is 11.8 Å². The molecule has 2 aromatic carbocycles. The van der Waals surface area contributed by atoms with Gasteiger partial charge in [0.15, 0.2) is 15.0 Å². The minimum atomic E-state index is -2.95. The number of sulfone groups is 1. The van der Waals surface area contributed by atoms with Crippen molar-refractivity contribution in [3.05, 3.63) is 64.7 Å². The summed E-state index contributed by atoms with van der Waals surface area (Å²) < 4.78 is 23.9. The van der Waals surface area contributed by atoms with Crippen LogP contribution in [0.3, 0.4) is 0 Å². The van der Waals surface area contributed by atoms with Crippen LogP contribution in [0.1, 0.15) is 42.0 Å². The first-order chi connectivity index (χ1) is 13.7. The first kappa shape index (κ1) is 20.5. The topological polar surface area (TPSA) is 49.7 Å². The van der Waals surface area contributed by atoms with Crippen LogP contribution in [0.25, 0.3) is 0 Å². The van der Waals surface area contributed by atoms with E-state index in [0.717, 1.165) is 17.4 Å². The molecule has 0 amide bonds. The van der Waals surface area contributed by atoms with E-state index in [4.69, 9.17) is 4.99 Å². The van der Waals surface area contributed by atoms with E-state index < -0.39 is 9.84 Å². The Morgan fingerprint density at radius 3 is 2.48 bits per heavy atom. The lowest BCUT2D eigenvalue weighted by molar-refractivity contribution is 0.601. The van der Waals surface area contributed by atoms with Crippen LogP contribution in [-0.2, 0) is 16.4 Å². The van der Waals surface area contributed by atoms with Crippen LogP contribution in [-0.4, -0.2) is 36.4 Å². The molecule has 2 aromatic rings. The molecule has 4 nitrogen and oxygen atoms in total. The summed E-state index contributed by atoms with van der Waals surface area (Å²) in [6.07, 6.45) is 0. The van der Waals surface area contributed by atoms with E-state index in [1.807, 2.05) is 0 Å². The Balaban J connectivity index is 1.69. The number of fused-ring (bicyclic) bond motifs is 1. The van der Waals surface area contributed by atoms with Crippen LogP contribution in [0.15, 0.2) is 47.5 Å². The van der Waals surface area contributed by atoms with Crippen LogP contribution >= 0.6 is 11.8 Å². The summed E-state index contributed by atoms with van der Waals surface area (Å²) in [5, 5.41) is 0.985. The third kappa shape index (κ3) is 4.38. The zero-order chi connectivity index (χ0) is 20.8.